The Bertz CT molecular complexity index is 986. The maximum absolute atomic E-state index is 13.1. The average Bonchev–Trinajstić information content (AvgIpc) is 2.89. The minimum Gasteiger partial charge on any atom is -0.303 e. The van der Waals surface area contributed by atoms with Crippen LogP contribution >= 0.6 is 11.6 Å². The molecule has 0 aliphatic carbocycles. The van der Waals surface area contributed by atoms with Crippen LogP contribution in [0.15, 0.2) is 47.4 Å². The standard InChI is InChI=1S/C21H23ClN2O3S/c22-17-14-18(16-8-3-1-4-9-16)20-19(15-17)28(26,27)24(21(20)25)13-7-12-23-10-5-2-6-11-23/h1,3-4,8-9,14-15H,2,5-7,10-13H2. The molecule has 2 aliphatic rings. The van der Waals surface area contributed by atoms with E-state index in [1.807, 2.05) is 30.3 Å². The molecule has 2 aliphatic heterocycles. The molecule has 0 saturated carbocycles. The molecule has 0 bridgehead atoms. The predicted octanol–water partition coefficient (Wildman–Crippen LogP) is 4.03. The Morgan fingerprint density at radius 3 is 2.39 bits per heavy atom. The molecule has 28 heavy (non-hydrogen) atoms. The van der Waals surface area contributed by atoms with E-state index in [1.54, 1.807) is 6.07 Å². The minimum atomic E-state index is -3.87. The first kappa shape index (κ1) is 19.4. The minimum absolute atomic E-state index is 0.0156. The van der Waals surface area contributed by atoms with Gasteiger partial charge in [0.25, 0.3) is 15.9 Å². The van der Waals surface area contributed by atoms with Gasteiger partial charge in [0.2, 0.25) is 0 Å². The highest BCUT2D eigenvalue weighted by atomic mass is 35.5. The van der Waals surface area contributed by atoms with E-state index in [4.69, 9.17) is 11.6 Å². The van der Waals surface area contributed by atoms with Crippen LogP contribution in [0.1, 0.15) is 36.0 Å². The first-order valence-electron chi connectivity index (χ1n) is 9.67. The van der Waals surface area contributed by atoms with Gasteiger partial charge in [0.15, 0.2) is 0 Å². The van der Waals surface area contributed by atoms with E-state index < -0.39 is 15.9 Å². The van der Waals surface area contributed by atoms with E-state index >= 15 is 0 Å². The van der Waals surface area contributed by atoms with Crippen molar-refractivity contribution in [2.45, 2.75) is 30.6 Å². The van der Waals surface area contributed by atoms with Crippen LogP contribution in [0.2, 0.25) is 5.02 Å². The molecule has 0 spiro atoms. The van der Waals surface area contributed by atoms with E-state index in [1.165, 1.54) is 25.3 Å². The van der Waals surface area contributed by atoms with Gasteiger partial charge in [0.05, 0.1) is 5.56 Å². The first-order valence-corrected chi connectivity index (χ1v) is 11.5. The lowest BCUT2D eigenvalue weighted by Crippen LogP contribution is -2.35. The molecule has 1 fully saturated rings. The summed E-state index contributed by atoms with van der Waals surface area (Å²) in [6.45, 7) is 3.10. The van der Waals surface area contributed by atoms with Gasteiger partial charge in [-0.2, -0.15) is 0 Å². The third-order valence-electron chi connectivity index (χ3n) is 5.44. The Kier molecular flexibility index (Phi) is 5.45. The molecule has 5 nitrogen and oxygen atoms in total. The fraction of sp³-hybridized carbons (Fsp3) is 0.381. The molecule has 0 aromatic heterocycles. The van der Waals surface area contributed by atoms with Gasteiger partial charge in [0, 0.05) is 11.6 Å². The van der Waals surface area contributed by atoms with Gasteiger partial charge >= 0.3 is 0 Å². The number of likely N-dealkylation sites (tertiary alicyclic amines) is 1. The number of piperidine rings is 1. The summed E-state index contributed by atoms with van der Waals surface area (Å²) in [6, 6.07) is 12.3. The van der Waals surface area contributed by atoms with Crippen molar-refractivity contribution in [2.75, 3.05) is 26.2 Å². The lowest BCUT2D eigenvalue weighted by Gasteiger charge is -2.27. The van der Waals surface area contributed by atoms with E-state index in [0.717, 1.165) is 29.5 Å². The SMILES string of the molecule is O=C1c2c(-c3ccccc3)cc(Cl)cc2S(=O)(=O)N1CCCN1CCCCC1. The predicted molar refractivity (Wildman–Crippen MR) is 110 cm³/mol. The molecular formula is C21H23ClN2O3S. The number of rotatable bonds is 5. The molecule has 2 aromatic rings. The third-order valence-corrected chi connectivity index (χ3v) is 7.47. The molecule has 0 atom stereocenters. The highest BCUT2D eigenvalue weighted by Gasteiger charge is 2.43. The first-order chi connectivity index (χ1) is 13.5. The van der Waals surface area contributed by atoms with Gasteiger partial charge in [0.1, 0.15) is 4.90 Å². The van der Waals surface area contributed by atoms with Crippen LogP contribution in [0.3, 0.4) is 0 Å². The number of nitrogens with zero attached hydrogens (tertiary/aromatic N) is 2. The third kappa shape index (κ3) is 3.56. The Morgan fingerprint density at radius 1 is 0.964 bits per heavy atom. The van der Waals surface area contributed by atoms with Gasteiger partial charge in [-0.1, -0.05) is 48.4 Å². The maximum Gasteiger partial charge on any atom is 0.269 e. The Morgan fingerprint density at radius 2 is 1.68 bits per heavy atom. The normalized spacial score (nSPS) is 19.0. The topological polar surface area (TPSA) is 57.7 Å². The fourth-order valence-electron chi connectivity index (χ4n) is 4.05. The van der Waals surface area contributed by atoms with Gasteiger partial charge in [-0.15, -0.1) is 0 Å². The zero-order valence-corrected chi connectivity index (χ0v) is 17.2. The number of sulfonamides is 1. The summed E-state index contributed by atoms with van der Waals surface area (Å²) in [6.07, 6.45) is 4.26. The van der Waals surface area contributed by atoms with Gasteiger partial charge in [-0.3, -0.25) is 4.79 Å². The molecule has 1 saturated heterocycles. The van der Waals surface area contributed by atoms with Crippen molar-refractivity contribution in [3.05, 3.63) is 53.1 Å². The van der Waals surface area contributed by atoms with E-state index in [-0.39, 0.29) is 17.0 Å². The second-order valence-electron chi connectivity index (χ2n) is 7.33. The Hall–Kier alpha value is -1.89. The molecule has 0 N–H and O–H groups in total. The Labute approximate surface area is 171 Å². The number of amides is 1. The number of hydrogen-bond acceptors (Lipinski definition) is 4. The van der Waals surface area contributed by atoms with Crippen LogP contribution in [-0.4, -0.2) is 49.7 Å². The summed E-state index contributed by atoms with van der Waals surface area (Å²) in [5, 5.41) is 0.309. The highest BCUT2D eigenvalue weighted by molar-refractivity contribution is 7.90. The highest BCUT2D eigenvalue weighted by Crippen LogP contribution is 2.39. The lowest BCUT2D eigenvalue weighted by molar-refractivity contribution is 0.0866. The summed E-state index contributed by atoms with van der Waals surface area (Å²) < 4.78 is 27.1. The number of hydrogen-bond donors (Lipinski definition) is 0. The largest absolute Gasteiger partial charge is 0.303 e. The number of carbonyl (C=O) groups excluding carboxylic acids is 1. The average molecular weight is 419 g/mol. The van der Waals surface area contributed by atoms with Crippen LogP contribution in [-0.2, 0) is 10.0 Å². The maximum atomic E-state index is 13.1. The second kappa shape index (κ2) is 7.85. The van der Waals surface area contributed by atoms with Crippen molar-refractivity contribution in [2.24, 2.45) is 0 Å². The summed E-state index contributed by atoms with van der Waals surface area (Å²) in [5.41, 5.74) is 1.57. The van der Waals surface area contributed by atoms with Crippen molar-refractivity contribution in [3.63, 3.8) is 0 Å². The summed E-state index contributed by atoms with van der Waals surface area (Å²) >= 11 is 6.21. The quantitative estimate of drug-likeness (QED) is 0.735. The van der Waals surface area contributed by atoms with Gasteiger partial charge in [-0.05, 0) is 62.2 Å². The molecule has 7 heteroatoms. The molecular weight excluding hydrogens is 396 g/mol. The van der Waals surface area contributed by atoms with E-state index in [2.05, 4.69) is 4.90 Å². The van der Waals surface area contributed by atoms with Crippen LogP contribution < -0.4 is 0 Å². The molecule has 0 radical (unpaired) electrons. The van der Waals surface area contributed by atoms with Crippen molar-refractivity contribution in [1.29, 1.82) is 0 Å². The van der Waals surface area contributed by atoms with Crippen molar-refractivity contribution in [1.82, 2.24) is 9.21 Å². The fourth-order valence-corrected chi connectivity index (χ4v) is 5.98. The number of halogens is 1. The zero-order chi connectivity index (χ0) is 19.7. The van der Waals surface area contributed by atoms with Crippen LogP contribution in [0, 0.1) is 0 Å². The van der Waals surface area contributed by atoms with Gasteiger partial charge < -0.3 is 4.90 Å². The summed E-state index contributed by atoms with van der Waals surface area (Å²) in [5.74, 6) is -0.454. The van der Waals surface area contributed by atoms with Crippen LogP contribution in [0.5, 0.6) is 0 Å². The van der Waals surface area contributed by atoms with E-state index in [0.29, 0.717) is 17.0 Å². The van der Waals surface area contributed by atoms with Crippen molar-refractivity contribution < 1.29 is 13.2 Å². The monoisotopic (exact) mass is 418 g/mol. The second-order valence-corrected chi connectivity index (χ2v) is 9.60. The van der Waals surface area contributed by atoms with Crippen LogP contribution in [0.4, 0.5) is 0 Å². The number of carbonyl (C=O) groups is 1. The van der Waals surface area contributed by atoms with Crippen molar-refractivity contribution >= 4 is 27.5 Å². The Balaban J connectivity index is 1.62. The molecule has 148 valence electrons. The lowest BCUT2D eigenvalue weighted by atomic mass is 9.99. The molecule has 0 unspecified atom stereocenters. The molecule has 1 amide bonds. The van der Waals surface area contributed by atoms with Crippen molar-refractivity contribution in [3.8, 4) is 11.1 Å². The molecule has 4 rings (SSSR count). The summed E-state index contributed by atoms with van der Waals surface area (Å²) in [7, 11) is -3.87. The number of fused-ring (bicyclic) bond motifs is 1. The van der Waals surface area contributed by atoms with Gasteiger partial charge in [-0.25, -0.2) is 12.7 Å². The summed E-state index contributed by atoms with van der Waals surface area (Å²) in [4.78, 5) is 15.4. The molecule has 2 heterocycles. The van der Waals surface area contributed by atoms with Crippen LogP contribution in [0.25, 0.3) is 11.1 Å². The smallest absolute Gasteiger partial charge is 0.269 e. The van der Waals surface area contributed by atoms with E-state index in [9.17, 15) is 13.2 Å². The molecule has 2 aromatic carbocycles. The zero-order valence-electron chi connectivity index (χ0n) is 15.6. The number of benzene rings is 2.